The lowest BCUT2D eigenvalue weighted by atomic mass is 10.1. The molecule has 2 heterocycles. The molecule has 2 aromatic carbocycles. The van der Waals surface area contributed by atoms with Gasteiger partial charge in [0.25, 0.3) is 11.5 Å². The van der Waals surface area contributed by atoms with Crippen LogP contribution in [0, 0.1) is 0 Å². The fraction of sp³-hybridized carbons (Fsp3) is 0.240. The number of fused-ring (bicyclic) bond motifs is 2. The molecule has 0 aliphatic heterocycles. The minimum absolute atomic E-state index is 0.0549. The summed E-state index contributed by atoms with van der Waals surface area (Å²) in [6, 6.07) is 16.2. The summed E-state index contributed by atoms with van der Waals surface area (Å²) in [6.45, 7) is 2.50. The summed E-state index contributed by atoms with van der Waals surface area (Å²) in [5.41, 5.74) is 6.25. The van der Waals surface area contributed by atoms with Gasteiger partial charge in [-0.3, -0.25) is 30.2 Å². The van der Waals surface area contributed by atoms with Crippen LogP contribution in [0.4, 0.5) is 0 Å². The molecule has 0 spiro atoms. The number of hydrogen-bond donors (Lipinski definition) is 2. The van der Waals surface area contributed by atoms with Crippen LogP contribution >= 0.6 is 0 Å². The van der Waals surface area contributed by atoms with E-state index in [2.05, 4.69) is 27.9 Å². The zero-order valence-corrected chi connectivity index (χ0v) is 18.4. The van der Waals surface area contributed by atoms with Gasteiger partial charge in [0.15, 0.2) is 5.69 Å². The fourth-order valence-corrected chi connectivity index (χ4v) is 3.78. The number of benzene rings is 2. The number of rotatable bonds is 7. The van der Waals surface area contributed by atoms with E-state index < -0.39 is 5.91 Å². The number of aryl methyl sites for hydroxylation is 1. The minimum Gasteiger partial charge on any atom is -0.273 e. The third-order valence-electron chi connectivity index (χ3n) is 5.44. The molecule has 8 nitrogen and oxygen atoms in total. The van der Waals surface area contributed by atoms with Gasteiger partial charge in [-0.25, -0.2) is 4.68 Å². The second kappa shape index (κ2) is 10.0. The molecule has 0 bridgehead atoms. The Morgan fingerprint density at radius 1 is 0.939 bits per heavy atom. The van der Waals surface area contributed by atoms with Crippen molar-refractivity contribution in [1.82, 2.24) is 25.6 Å². The Bertz CT molecular complexity index is 1370. The zero-order chi connectivity index (χ0) is 23.2. The molecule has 0 radical (unpaired) electrons. The Balaban J connectivity index is 1.52. The highest BCUT2D eigenvalue weighted by atomic mass is 16.2. The maximum absolute atomic E-state index is 12.9. The number of amides is 2. The highest BCUT2D eigenvalue weighted by Crippen LogP contribution is 2.16. The van der Waals surface area contributed by atoms with Crippen LogP contribution in [0.2, 0.25) is 0 Å². The summed E-state index contributed by atoms with van der Waals surface area (Å²) in [6.07, 6.45) is 4.49. The Hall–Kier alpha value is -4.07. The van der Waals surface area contributed by atoms with Crippen molar-refractivity contribution in [2.75, 3.05) is 0 Å². The third-order valence-corrected chi connectivity index (χ3v) is 5.44. The van der Waals surface area contributed by atoms with Crippen molar-refractivity contribution >= 4 is 33.5 Å². The van der Waals surface area contributed by atoms with Crippen molar-refractivity contribution in [3.05, 3.63) is 82.4 Å². The van der Waals surface area contributed by atoms with E-state index in [9.17, 15) is 14.4 Å². The van der Waals surface area contributed by atoms with Gasteiger partial charge in [0.1, 0.15) is 0 Å². The van der Waals surface area contributed by atoms with E-state index in [0.717, 1.165) is 35.7 Å². The molecule has 2 N–H and O–H groups in total. The van der Waals surface area contributed by atoms with Crippen molar-refractivity contribution < 1.29 is 9.59 Å². The molecular weight excluding hydrogens is 418 g/mol. The lowest BCUT2D eigenvalue weighted by molar-refractivity contribution is -0.121. The van der Waals surface area contributed by atoms with Gasteiger partial charge in [-0.05, 0) is 24.1 Å². The Kier molecular flexibility index (Phi) is 6.73. The van der Waals surface area contributed by atoms with Crippen LogP contribution in [-0.2, 0) is 17.8 Å². The van der Waals surface area contributed by atoms with Gasteiger partial charge >= 0.3 is 0 Å². The number of carbonyl (C=O) groups excluding carboxylic acids is 2. The second-order valence-electron chi connectivity index (χ2n) is 7.80. The van der Waals surface area contributed by atoms with Gasteiger partial charge in [-0.1, -0.05) is 62.2 Å². The predicted molar refractivity (Wildman–Crippen MR) is 127 cm³/mol. The van der Waals surface area contributed by atoms with Gasteiger partial charge in [-0.15, -0.1) is 0 Å². The minimum atomic E-state index is -0.583. The van der Waals surface area contributed by atoms with Crippen LogP contribution in [0.3, 0.4) is 0 Å². The van der Waals surface area contributed by atoms with Crippen LogP contribution in [0.1, 0.15) is 42.2 Å². The van der Waals surface area contributed by atoms with Crippen molar-refractivity contribution in [1.29, 1.82) is 0 Å². The number of carbonyl (C=O) groups is 2. The molecule has 0 saturated carbocycles. The van der Waals surface area contributed by atoms with E-state index in [4.69, 9.17) is 0 Å². The van der Waals surface area contributed by atoms with Gasteiger partial charge in [0.2, 0.25) is 5.91 Å². The summed E-state index contributed by atoms with van der Waals surface area (Å²) < 4.78 is 1.33. The Morgan fingerprint density at radius 3 is 2.55 bits per heavy atom. The Morgan fingerprint density at radius 2 is 1.73 bits per heavy atom. The number of nitrogens with zero attached hydrogens (tertiary/aromatic N) is 3. The number of hydrazine groups is 1. The number of para-hydroxylation sites is 1. The van der Waals surface area contributed by atoms with Crippen LogP contribution in [0.15, 0.2) is 65.6 Å². The maximum Gasteiger partial charge on any atom is 0.290 e. The molecule has 2 aromatic heterocycles. The van der Waals surface area contributed by atoms with Crippen LogP contribution in [0.25, 0.3) is 21.7 Å². The van der Waals surface area contributed by atoms with Crippen molar-refractivity contribution in [2.45, 2.75) is 39.2 Å². The molecule has 4 rings (SSSR count). The maximum atomic E-state index is 12.9. The van der Waals surface area contributed by atoms with E-state index in [1.165, 1.54) is 4.68 Å². The van der Waals surface area contributed by atoms with Crippen LogP contribution < -0.4 is 16.4 Å². The number of hydrogen-bond acceptors (Lipinski definition) is 5. The summed E-state index contributed by atoms with van der Waals surface area (Å²) in [7, 11) is 0. The number of pyridine rings is 1. The number of unbranched alkanes of at least 4 members (excludes halogenated alkanes) is 2. The first-order valence-electron chi connectivity index (χ1n) is 11.0. The summed E-state index contributed by atoms with van der Waals surface area (Å²) in [5.74, 6) is -0.970. The molecule has 168 valence electrons. The molecule has 0 fully saturated rings. The molecule has 0 atom stereocenters. The van der Waals surface area contributed by atoms with Crippen molar-refractivity contribution in [3.8, 4) is 0 Å². The monoisotopic (exact) mass is 443 g/mol. The van der Waals surface area contributed by atoms with Crippen LogP contribution in [0.5, 0.6) is 0 Å². The highest BCUT2D eigenvalue weighted by molar-refractivity contribution is 6.05. The van der Waals surface area contributed by atoms with Gasteiger partial charge in [0, 0.05) is 23.5 Å². The molecule has 0 unspecified atom stereocenters. The highest BCUT2D eigenvalue weighted by Gasteiger charge is 2.17. The summed E-state index contributed by atoms with van der Waals surface area (Å²) >= 11 is 0. The van der Waals surface area contributed by atoms with E-state index in [1.807, 2.05) is 30.3 Å². The summed E-state index contributed by atoms with van der Waals surface area (Å²) in [5, 5.41) is 6.11. The van der Waals surface area contributed by atoms with E-state index in [1.54, 1.807) is 30.5 Å². The largest absolute Gasteiger partial charge is 0.290 e. The SMILES string of the molecule is CCCCCn1nc(C(=O)NNC(=O)Cc2cccc3cccnc23)c2ccccc2c1=O. The van der Waals surface area contributed by atoms with Crippen molar-refractivity contribution in [2.24, 2.45) is 0 Å². The lowest BCUT2D eigenvalue weighted by Crippen LogP contribution is -2.43. The third kappa shape index (κ3) is 4.90. The summed E-state index contributed by atoms with van der Waals surface area (Å²) in [4.78, 5) is 42.5. The van der Waals surface area contributed by atoms with Gasteiger partial charge in [-0.2, -0.15) is 5.10 Å². The number of aromatic nitrogens is 3. The number of nitrogens with one attached hydrogen (secondary N) is 2. The molecular formula is C25H25N5O3. The molecule has 2 amide bonds. The second-order valence-corrected chi connectivity index (χ2v) is 7.80. The topological polar surface area (TPSA) is 106 Å². The predicted octanol–water partition coefficient (Wildman–Crippen LogP) is 3.14. The van der Waals surface area contributed by atoms with Crippen LogP contribution in [-0.4, -0.2) is 26.6 Å². The zero-order valence-electron chi connectivity index (χ0n) is 18.4. The normalized spacial score (nSPS) is 10.9. The smallest absolute Gasteiger partial charge is 0.273 e. The van der Waals surface area contributed by atoms with E-state index >= 15 is 0 Å². The standard InChI is InChI=1S/C25H25N5O3/c1-2-3-6-15-30-25(33)20-13-5-4-12-19(20)23(29-30)24(32)28-27-21(31)16-18-10-7-9-17-11-8-14-26-22(17)18/h4-5,7-14H,2-3,6,15-16H2,1H3,(H,27,31)(H,28,32). The molecule has 4 aromatic rings. The first kappa shape index (κ1) is 22.1. The fourth-order valence-electron chi connectivity index (χ4n) is 3.78. The lowest BCUT2D eigenvalue weighted by Gasteiger charge is -2.12. The van der Waals surface area contributed by atoms with Gasteiger partial charge in [0.05, 0.1) is 17.3 Å². The average molecular weight is 444 g/mol. The van der Waals surface area contributed by atoms with E-state index in [-0.39, 0.29) is 23.6 Å². The first-order valence-corrected chi connectivity index (χ1v) is 11.0. The van der Waals surface area contributed by atoms with E-state index in [0.29, 0.717) is 17.3 Å². The molecule has 8 heteroatoms. The molecule has 33 heavy (non-hydrogen) atoms. The molecule has 0 aliphatic rings. The molecule has 0 saturated heterocycles. The molecule has 0 aliphatic carbocycles. The first-order chi connectivity index (χ1) is 16.1. The Labute approximate surface area is 190 Å². The quantitative estimate of drug-likeness (QED) is 0.337. The van der Waals surface area contributed by atoms with Crippen molar-refractivity contribution in [3.63, 3.8) is 0 Å². The average Bonchev–Trinajstić information content (AvgIpc) is 2.84. The van der Waals surface area contributed by atoms with Gasteiger partial charge < -0.3 is 0 Å².